The average Bonchev–Trinajstić information content (AvgIpc) is 2.39. The summed E-state index contributed by atoms with van der Waals surface area (Å²) in [6, 6.07) is 6.76. The summed E-state index contributed by atoms with van der Waals surface area (Å²) in [6.45, 7) is 1.45. The Morgan fingerprint density at radius 3 is 2.10 bits per heavy atom. The van der Waals surface area contributed by atoms with Crippen molar-refractivity contribution in [2.75, 3.05) is 29.7 Å². The first-order valence-corrected chi connectivity index (χ1v) is 7.09. The molecule has 0 bridgehead atoms. The second-order valence-electron chi connectivity index (χ2n) is 4.18. The third-order valence-electron chi connectivity index (χ3n) is 2.78. The van der Waals surface area contributed by atoms with Gasteiger partial charge in [-0.15, -0.1) is 23.2 Å². The minimum absolute atomic E-state index is 0. The van der Waals surface area contributed by atoms with Crippen LogP contribution in [0.5, 0.6) is 0 Å². The van der Waals surface area contributed by atoms with Gasteiger partial charge in [0.2, 0.25) is 0 Å². The van der Waals surface area contributed by atoms with Crippen LogP contribution in [-0.4, -0.2) is 71.5 Å². The number of aliphatic carboxylic acids is 1. The topological polar surface area (TPSA) is 66.6 Å². The Bertz CT molecular complexity index is 398. The van der Waals surface area contributed by atoms with Gasteiger partial charge < -0.3 is 15.7 Å². The molecule has 108 valence electrons. The van der Waals surface area contributed by atoms with Gasteiger partial charge in [-0.25, -0.2) is 0 Å². The zero-order valence-corrected chi connectivity index (χ0v) is 12.1. The van der Waals surface area contributed by atoms with E-state index in [1.807, 2.05) is 24.3 Å². The van der Waals surface area contributed by atoms with E-state index in [4.69, 9.17) is 34.0 Å². The van der Waals surface area contributed by atoms with Crippen LogP contribution in [0.15, 0.2) is 24.3 Å². The van der Waals surface area contributed by atoms with E-state index in [0.717, 1.165) is 24.3 Å². The SMILES string of the molecule is NC(Cc1ccc(N(CCCl)CCCl)cc1)C(=O)O.[NaH]. The monoisotopic (exact) mass is 328 g/mol. The number of anilines is 1. The van der Waals surface area contributed by atoms with E-state index >= 15 is 0 Å². The van der Waals surface area contributed by atoms with Crippen molar-refractivity contribution in [3.63, 3.8) is 0 Å². The number of carbonyl (C=O) groups is 1. The van der Waals surface area contributed by atoms with Crippen molar-refractivity contribution in [3.05, 3.63) is 29.8 Å². The van der Waals surface area contributed by atoms with Crippen LogP contribution in [0.1, 0.15) is 5.56 Å². The number of hydrogen-bond acceptors (Lipinski definition) is 3. The molecule has 0 heterocycles. The molecule has 0 aliphatic carbocycles. The standard InChI is InChI=1S/C13H18Cl2N2O2.Na.H/c14-5-7-17(8-6-15)11-3-1-10(2-4-11)9-12(16)13(18)19;;/h1-4,12H,5-9,16H2,(H,18,19);;. The van der Waals surface area contributed by atoms with Crippen LogP contribution in [0.3, 0.4) is 0 Å². The number of hydrogen-bond donors (Lipinski definition) is 2. The van der Waals surface area contributed by atoms with E-state index in [1.54, 1.807) is 0 Å². The van der Waals surface area contributed by atoms with Gasteiger partial charge in [0.05, 0.1) is 0 Å². The van der Waals surface area contributed by atoms with E-state index in [0.29, 0.717) is 18.2 Å². The van der Waals surface area contributed by atoms with E-state index in [-0.39, 0.29) is 29.6 Å². The van der Waals surface area contributed by atoms with Gasteiger partial charge in [0.15, 0.2) is 0 Å². The van der Waals surface area contributed by atoms with Crippen LogP contribution in [0.4, 0.5) is 5.69 Å². The molecule has 0 fully saturated rings. The molecule has 3 N–H and O–H groups in total. The quantitative estimate of drug-likeness (QED) is 0.557. The molecule has 1 rings (SSSR count). The molecule has 0 saturated heterocycles. The van der Waals surface area contributed by atoms with E-state index in [9.17, 15) is 4.79 Å². The van der Waals surface area contributed by atoms with Gasteiger partial charge in [-0.3, -0.25) is 4.79 Å². The molecule has 0 aromatic heterocycles. The second-order valence-corrected chi connectivity index (χ2v) is 4.94. The van der Waals surface area contributed by atoms with Crippen molar-refractivity contribution in [3.8, 4) is 0 Å². The van der Waals surface area contributed by atoms with Crippen molar-refractivity contribution < 1.29 is 9.90 Å². The Labute approximate surface area is 151 Å². The number of rotatable bonds is 8. The maximum absolute atomic E-state index is 10.7. The Morgan fingerprint density at radius 2 is 1.70 bits per heavy atom. The molecule has 1 unspecified atom stereocenters. The fourth-order valence-electron chi connectivity index (χ4n) is 1.76. The molecule has 0 aliphatic rings. The number of carboxylic acid groups (broad SMARTS) is 1. The second kappa shape index (κ2) is 10.7. The van der Waals surface area contributed by atoms with Crippen molar-refractivity contribution in [2.45, 2.75) is 12.5 Å². The van der Waals surface area contributed by atoms with E-state index in [2.05, 4.69) is 4.90 Å². The molecule has 0 aliphatic heterocycles. The summed E-state index contributed by atoms with van der Waals surface area (Å²) in [5, 5.41) is 8.76. The van der Waals surface area contributed by atoms with Crippen LogP contribution in [0.25, 0.3) is 0 Å². The predicted molar refractivity (Wildman–Crippen MR) is 86.6 cm³/mol. The predicted octanol–water partition coefficient (Wildman–Crippen LogP) is 1.28. The molecular weight excluding hydrogens is 310 g/mol. The van der Waals surface area contributed by atoms with Crippen LogP contribution in [-0.2, 0) is 11.2 Å². The van der Waals surface area contributed by atoms with Crippen LogP contribution in [0, 0.1) is 0 Å². The number of benzene rings is 1. The van der Waals surface area contributed by atoms with Crippen molar-refractivity contribution in [1.29, 1.82) is 0 Å². The minimum atomic E-state index is -0.991. The first-order chi connectivity index (χ1) is 9.08. The summed E-state index contributed by atoms with van der Waals surface area (Å²) in [6.07, 6.45) is 0.320. The third kappa shape index (κ3) is 6.66. The fraction of sp³-hybridized carbons (Fsp3) is 0.462. The number of nitrogens with zero attached hydrogens (tertiary/aromatic N) is 1. The normalized spacial score (nSPS) is 11.6. The summed E-state index contributed by atoms with van der Waals surface area (Å²) < 4.78 is 0. The van der Waals surface area contributed by atoms with Crippen LogP contribution in [0.2, 0.25) is 0 Å². The molecule has 1 aromatic rings. The van der Waals surface area contributed by atoms with Gasteiger partial charge in [-0.05, 0) is 24.1 Å². The molecular formula is C13H19Cl2N2NaO2. The molecule has 0 amide bonds. The van der Waals surface area contributed by atoms with Crippen LogP contribution >= 0.6 is 23.2 Å². The van der Waals surface area contributed by atoms with Crippen molar-refractivity contribution in [1.82, 2.24) is 0 Å². The maximum atomic E-state index is 10.7. The number of halogens is 2. The van der Waals surface area contributed by atoms with E-state index < -0.39 is 12.0 Å². The van der Waals surface area contributed by atoms with Crippen molar-refractivity contribution >= 4 is 64.4 Å². The van der Waals surface area contributed by atoms with Gasteiger partial charge in [0.1, 0.15) is 6.04 Å². The number of nitrogens with two attached hydrogens (primary N) is 1. The van der Waals surface area contributed by atoms with Crippen LogP contribution < -0.4 is 10.6 Å². The summed E-state index contributed by atoms with van der Waals surface area (Å²) >= 11 is 11.5. The molecule has 1 aromatic carbocycles. The molecule has 7 heteroatoms. The molecule has 0 saturated carbocycles. The van der Waals surface area contributed by atoms with Gasteiger partial charge in [-0.2, -0.15) is 0 Å². The molecule has 0 radical (unpaired) electrons. The molecule has 4 nitrogen and oxygen atoms in total. The Kier molecular flexibility index (Phi) is 10.7. The average molecular weight is 329 g/mol. The number of alkyl halides is 2. The van der Waals surface area contributed by atoms with Gasteiger partial charge in [-0.1, -0.05) is 12.1 Å². The third-order valence-corrected chi connectivity index (χ3v) is 3.12. The molecule has 1 atom stereocenters. The summed E-state index contributed by atoms with van der Waals surface area (Å²) in [5.41, 5.74) is 7.42. The zero-order chi connectivity index (χ0) is 14.3. The summed E-state index contributed by atoms with van der Waals surface area (Å²) in [7, 11) is 0. The Hall–Kier alpha value is 0.0300. The molecule has 20 heavy (non-hydrogen) atoms. The zero-order valence-electron chi connectivity index (χ0n) is 10.6. The van der Waals surface area contributed by atoms with Crippen molar-refractivity contribution in [2.24, 2.45) is 5.73 Å². The first kappa shape index (κ1) is 20.0. The number of carboxylic acids is 1. The van der Waals surface area contributed by atoms with Gasteiger partial charge in [0.25, 0.3) is 0 Å². The first-order valence-electron chi connectivity index (χ1n) is 6.02. The Morgan fingerprint density at radius 1 is 1.20 bits per heavy atom. The molecule has 0 spiro atoms. The van der Waals surface area contributed by atoms with Gasteiger partial charge in [0, 0.05) is 30.5 Å². The fourth-order valence-corrected chi connectivity index (χ4v) is 2.17. The summed E-state index contributed by atoms with van der Waals surface area (Å²) in [4.78, 5) is 12.8. The summed E-state index contributed by atoms with van der Waals surface area (Å²) in [5.74, 6) is 0.0698. The Balaban J connectivity index is 0.00000361. The van der Waals surface area contributed by atoms with Gasteiger partial charge >= 0.3 is 35.5 Å². The van der Waals surface area contributed by atoms with E-state index in [1.165, 1.54) is 0 Å².